The van der Waals surface area contributed by atoms with Crippen molar-refractivity contribution in [1.29, 1.82) is 0 Å². The third-order valence-corrected chi connectivity index (χ3v) is 3.44. The first-order valence-electron chi connectivity index (χ1n) is 6.59. The number of hydrogen-bond acceptors (Lipinski definition) is 4. The summed E-state index contributed by atoms with van der Waals surface area (Å²) >= 11 is 0. The quantitative estimate of drug-likeness (QED) is 0.936. The molecular weight excluding hydrogens is 270 g/mol. The van der Waals surface area contributed by atoms with Gasteiger partial charge in [0, 0.05) is 11.8 Å². The van der Waals surface area contributed by atoms with Gasteiger partial charge in [-0.15, -0.1) is 0 Å². The number of pyridine rings is 1. The van der Waals surface area contributed by atoms with Gasteiger partial charge in [0.1, 0.15) is 5.75 Å². The van der Waals surface area contributed by atoms with E-state index >= 15 is 0 Å². The fraction of sp³-hybridized carbons (Fsp3) is 0.188. The molecule has 5 heteroatoms. The van der Waals surface area contributed by atoms with E-state index in [1.165, 1.54) is 0 Å². The van der Waals surface area contributed by atoms with E-state index in [4.69, 9.17) is 9.84 Å². The molecule has 0 bridgehead atoms. The van der Waals surface area contributed by atoms with Crippen molar-refractivity contribution in [3.05, 3.63) is 48.2 Å². The molecule has 5 nitrogen and oxygen atoms in total. The number of aliphatic carboxylic acids is 1. The third-order valence-electron chi connectivity index (χ3n) is 3.44. The first kappa shape index (κ1) is 13.3. The van der Waals surface area contributed by atoms with Crippen LogP contribution in [0.3, 0.4) is 0 Å². The van der Waals surface area contributed by atoms with Crippen LogP contribution in [0.1, 0.15) is 16.8 Å². The van der Waals surface area contributed by atoms with Crippen molar-refractivity contribution in [3.8, 4) is 17.0 Å². The molecule has 0 saturated carbocycles. The van der Waals surface area contributed by atoms with E-state index in [-0.39, 0.29) is 18.8 Å². The van der Waals surface area contributed by atoms with Crippen LogP contribution in [0.25, 0.3) is 11.3 Å². The lowest BCUT2D eigenvalue weighted by atomic mass is 9.91. The van der Waals surface area contributed by atoms with Crippen LogP contribution in [-0.2, 0) is 4.79 Å². The highest BCUT2D eigenvalue weighted by Gasteiger charge is 2.30. The van der Waals surface area contributed by atoms with Crippen molar-refractivity contribution in [2.24, 2.45) is 5.92 Å². The molecule has 1 N–H and O–H groups in total. The summed E-state index contributed by atoms with van der Waals surface area (Å²) in [5.74, 6) is -1.31. The predicted octanol–water partition coefficient (Wildman–Crippen LogP) is 2.41. The van der Waals surface area contributed by atoms with Crippen LogP contribution < -0.4 is 4.74 Å². The Labute approximate surface area is 121 Å². The number of aromatic nitrogens is 1. The summed E-state index contributed by atoms with van der Waals surface area (Å²) in [6.45, 7) is 0.112. The summed E-state index contributed by atoms with van der Waals surface area (Å²) in [6, 6.07) is 10.8. The Kier molecular flexibility index (Phi) is 3.39. The third kappa shape index (κ3) is 2.63. The van der Waals surface area contributed by atoms with Crippen molar-refractivity contribution in [2.75, 3.05) is 6.61 Å². The average molecular weight is 283 g/mol. The second kappa shape index (κ2) is 5.36. The molecule has 0 amide bonds. The van der Waals surface area contributed by atoms with E-state index in [1.54, 1.807) is 18.3 Å². The van der Waals surface area contributed by atoms with Crippen LogP contribution in [0, 0.1) is 5.92 Å². The number of carboxylic acid groups (broad SMARTS) is 1. The summed E-state index contributed by atoms with van der Waals surface area (Å²) in [6.07, 6.45) is 1.46. The number of ketones is 1. The Bertz CT molecular complexity index is 697. The zero-order valence-corrected chi connectivity index (χ0v) is 11.2. The molecule has 21 heavy (non-hydrogen) atoms. The highest BCUT2D eigenvalue weighted by molar-refractivity contribution is 6.03. The minimum atomic E-state index is -0.999. The SMILES string of the molecule is O=C(O)CC1COc2ccc(-c3ccccn3)cc2C1=O. The maximum atomic E-state index is 12.4. The van der Waals surface area contributed by atoms with E-state index in [9.17, 15) is 9.59 Å². The first-order chi connectivity index (χ1) is 10.1. The second-order valence-electron chi connectivity index (χ2n) is 4.90. The molecule has 0 radical (unpaired) electrons. The van der Waals surface area contributed by atoms with Gasteiger partial charge < -0.3 is 9.84 Å². The van der Waals surface area contributed by atoms with E-state index < -0.39 is 11.9 Å². The highest BCUT2D eigenvalue weighted by atomic mass is 16.5. The molecule has 3 rings (SSSR count). The van der Waals surface area contributed by atoms with Gasteiger partial charge in [0.15, 0.2) is 5.78 Å². The van der Waals surface area contributed by atoms with E-state index in [0.29, 0.717) is 11.3 Å². The molecule has 1 atom stereocenters. The van der Waals surface area contributed by atoms with E-state index in [2.05, 4.69) is 4.98 Å². The standard InChI is InChI=1S/C16H13NO4/c18-15(19)8-11-9-21-14-5-4-10(7-12(14)16(11)20)13-3-1-2-6-17-13/h1-7,11H,8-9H2,(H,18,19). The van der Waals surface area contributed by atoms with Crippen LogP contribution in [0.4, 0.5) is 0 Å². The molecule has 2 heterocycles. The van der Waals surface area contributed by atoms with Crippen molar-refractivity contribution in [3.63, 3.8) is 0 Å². The predicted molar refractivity (Wildman–Crippen MR) is 75.2 cm³/mol. The average Bonchev–Trinajstić information content (AvgIpc) is 2.50. The number of Topliss-reactive ketones (excluding diaryl/α,β-unsaturated/α-hetero) is 1. The molecule has 1 aromatic carbocycles. The topological polar surface area (TPSA) is 76.5 Å². The second-order valence-corrected chi connectivity index (χ2v) is 4.90. The number of benzene rings is 1. The van der Waals surface area contributed by atoms with Crippen LogP contribution in [0.5, 0.6) is 5.75 Å². The fourth-order valence-corrected chi connectivity index (χ4v) is 2.39. The van der Waals surface area contributed by atoms with Crippen LogP contribution in [-0.4, -0.2) is 28.4 Å². The zero-order valence-electron chi connectivity index (χ0n) is 11.2. The number of ether oxygens (including phenoxy) is 1. The molecule has 1 aliphatic rings. The van der Waals surface area contributed by atoms with Gasteiger partial charge in [0.25, 0.3) is 0 Å². The smallest absolute Gasteiger partial charge is 0.304 e. The number of hydrogen-bond donors (Lipinski definition) is 1. The van der Waals surface area contributed by atoms with Crippen molar-refractivity contribution >= 4 is 11.8 Å². The largest absolute Gasteiger partial charge is 0.492 e. The Morgan fingerprint density at radius 1 is 1.33 bits per heavy atom. The highest BCUT2D eigenvalue weighted by Crippen LogP contribution is 2.32. The normalized spacial score (nSPS) is 17.0. The monoisotopic (exact) mass is 283 g/mol. The van der Waals surface area contributed by atoms with Crippen LogP contribution in [0.15, 0.2) is 42.6 Å². The summed E-state index contributed by atoms with van der Waals surface area (Å²) in [4.78, 5) is 27.4. The zero-order chi connectivity index (χ0) is 14.8. The van der Waals surface area contributed by atoms with Gasteiger partial charge in [0.05, 0.1) is 30.2 Å². The Morgan fingerprint density at radius 3 is 2.90 bits per heavy atom. The fourth-order valence-electron chi connectivity index (χ4n) is 2.39. The Balaban J connectivity index is 1.96. The van der Waals surface area contributed by atoms with Gasteiger partial charge in [-0.1, -0.05) is 6.07 Å². The molecular formula is C16H13NO4. The molecule has 1 unspecified atom stereocenters. The summed E-state index contributed by atoms with van der Waals surface area (Å²) in [7, 11) is 0. The number of carbonyl (C=O) groups is 2. The summed E-state index contributed by atoms with van der Waals surface area (Å²) < 4.78 is 5.49. The Morgan fingerprint density at radius 2 is 2.19 bits per heavy atom. The minimum absolute atomic E-state index is 0.112. The van der Waals surface area contributed by atoms with Crippen LogP contribution in [0.2, 0.25) is 0 Å². The van der Waals surface area contributed by atoms with Gasteiger partial charge in [-0.25, -0.2) is 0 Å². The number of carbonyl (C=O) groups excluding carboxylic acids is 1. The molecule has 2 aromatic rings. The first-order valence-corrected chi connectivity index (χ1v) is 6.59. The van der Waals surface area contributed by atoms with Crippen LogP contribution >= 0.6 is 0 Å². The lowest BCUT2D eigenvalue weighted by molar-refractivity contribution is -0.138. The van der Waals surface area contributed by atoms with E-state index in [0.717, 1.165) is 11.3 Å². The van der Waals surface area contributed by atoms with Crippen molar-refractivity contribution < 1.29 is 19.4 Å². The lowest BCUT2D eigenvalue weighted by Crippen LogP contribution is -2.29. The maximum Gasteiger partial charge on any atom is 0.304 e. The molecule has 0 aliphatic carbocycles. The summed E-state index contributed by atoms with van der Waals surface area (Å²) in [5.41, 5.74) is 1.99. The van der Waals surface area contributed by atoms with Gasteiger partial charge in [-0.2, -0.15) is 0 Å². The molecule has 1 aromatic heterocycles. The van der Waals surface area contributed by atoms with Crippen molar-refractivity contribution in [1.82, 2.24) is 4.98 Å². The summed E-state index contributed by atoms with van der Waals surface area (Å²) in [5, 5.41) is 8.85. The van der Waals surface area contributed by atoms with Gasteiger partial charge in [-0.3, -0.25) is 14.6 Å². The molecule has 1 aliphatic heterocycles. The number of fused-ring (bicyclic) bond motifs is 1. The number of carboxylic acids is 1. The number of nitrogens with zero attached hydrogens (tertiary/aromatic N) is 1. The van der Waals surface area contributed by atoms with E-state index in [1.807, 2.05) is 24.3 Å². The molecule has 0 spiro atoms. The minimum Gasteiger partial charge on any atom is -0.492 e. The molecule has 0 saturated heterocycles. The maximum absolute atomic E-state index is 12.4. The van der Waals surface area contributed by atoms with Gasteiger partial charge >= 0.3 is 5.97 Å². The van der Waals surface area contributed by atoms with Gasteiger partial charge in [-0.05, 0) is 30.3 Å². The number of rotatable bonds is 3. The lowest BCUT2D eigenvalue weighted by Gasteiger charge is -2.23. The van der Waals surface area contributed by atoms with Crippen molar-refractivity contribution in [2.45, 2.75) is 6.42 Å². The molecule has 106 valence electrons. The molecule has 0 fully saturated rings. The Hall–Kier alpha value is -2.69. The van der Waals surface area contributed by atoms with Gasteiger partial charge in [0.2, 0.25) is 0 Å².